The van der Waals surface area contributed by atoms with E-state index in [9.17, 15) is 8.42 Å². The van der Waals surface area contributed by atoms with Gasteiger partial charge in [-0.15, -0.1) is 11.3 Å². The summed E-state index contributed by atoms with van der Waals surface area (Å²) in [5.74, 6) is 0. The third-order valence-corrected chi connectivity index (χ3v) is 5.76. The molecule has 0 aliphatic carbocycles. The molecule has 3 nitrogen and oxygen atoms in total. The average molecular weight is 289 g/mol. The molecule has 1 aromatic heterocycles. The van der Waals surface area contributed by atoms with Crippen LogP contribution in [0.1, 0.15) is 55.5 Å². The summed E-state index contributed by atoms with van der Waals surface area (Å²) in [6.07, 6.45) is 6.11. The number of unbranched alkanes of at least 4 members (excludes halogenated alkanes) is 2. The summed E-state index contributed by atoms with van der Waals surface area (Å²) < 4.78 is 23.7. The normalized spacial score (nSPS) is 12.0. The molecule has 0 spiro atoms. The van der Waals surface area contributed by atoms with E-state index in [4.69, 9.17) is 5.14 Å². The number of hydrogen-bond donors (Lipinski definition) is 1. The number of sulfonamides is 1. The Morgan fingerprint density at radius 1 is 1.06 bits per heavy atom. The summed E-state index contributed by atoms with van der Waals surface area (Å²) in [6, 6.07) is 0. The minimum atomic E-state index is -3.57. The Balaban J connectivity index is 3.14. The molecule has 0 fully saturated rings. The SMILES string of the molecule is CCCCCc1c(S(N)(=O)=O)sc(C)c1CCC. The highest BCUT2D eigenvalue weighted by Gasteiger charge is 2.21. The molecule has 104 valence electrons. The smallest absolute Gasteiger partial charge is 0.224 e. The van der Waals surface area contributed by atoms with Crippen LogP contribution in [-0.2, 0) is 22.9 Å². The Labute approximate surface area is 114 Å². The molecule has 0 aliphatic rings. The molecule has 5 heteroatoms. The Hall–Kier alpha value is -0.390. The van der Waals surface area contributed by atoms with Crippen LogP contribution in [0.4, 0.5) is 0 Å². The van der Waals surface area contributed by atoms with Crippen molar-refractivity contribution in [2.75, 3.05) is 0 Å². The Morgan fingerprint density at radius 3 is 2.22 bits per heavy atom. The lowest BCUT2D eigenvalue weighted by Gasteiger charge is -2.06. The molecule has 1 heterocycles. The van der Waals surface area contributed by atoms with Crippen LogP contribution in [0, 0.1) is 6.92 Å². The zero-order chi connectivity index (χ0) is 13.8. The zero-order valence-corrected chi connectivity index (χ0v) is 13.1. The number of primary sulfonamides is 1. The molecule has 0 unspecified atom stereocenters. The average Bonchev–Trinajstić information content (AvgIpc) is 2.58. The summed E-state index contributed by atoms with van der Waals surface area (Å²) in [6.45, 7) is 6.25. The van der Waals surface area contributed by atoms with Gasteiger partial charge in [-0.25, -0.2) is 13.6 Å². The van der Waals surface area contributed by atoms with Crippen molar-refractivity contribution in [3.05, 3.63) is 16.0 Å². The van der Waals surface area contributed by atoms with Gasteiger partial charge in [0, 0.05) is 4.88 Å². The van der Waals surface area contributed by atoms with Crippen molar-refractivity contribution < 1.29 is 8.42 Å². The highest BCUT2D eigenvalue weighted by Crippen LogP contribution is 2.33. The molecule has 0 aromatic carbocycles. The van der Waals surface area contributed by atoms with Gasteiger partial charge in [-0.05, 0) is 37.3 Å². The standard InChI is InChI=1S/C13H23NO2S2/c1-4-6-7-9-12-11(8-5-2)10(3)17-13(12)18(14,15)16/h4-9H2,1-3H3,(H2,14,15,16). The Kier molecular flexibility index (Phi) is 5.82. The predicted molar refractivity (Wildman–Crippen MR) is 77.7 cm³/mol. The van der Waals surface area contributed by atoms with Crippen molar-refractivity contribution in [3.63, 3.8) is 0 Å². The van der Waals surface area contributed by atoms with E-state index in [1.807, 2.05) is 6.92 Å². The minimum Gasteiger partial charge on any atom is -0.224 e. The summed E-state index contributed by atoms with van der Waals surface area (Å²) in [4.78, 5) is 1.10. The first-order valence-corrected chi connectivity index (χ1v) is 8.92. The monoisotopic (exact) mass is 289 g/mol. The maximum atomic E-state index is 11.6. The van der Waals surface area contributed by atoms with Crippen LogP contribution in [0.2, 0.25) is 0 Å². The number of nitrogens with two attached hydrogens (primary N) is 1. The molecule has 0 amide bonds. The van der Waals surface area contributed by atoms with Crippen molar-refractivity contribution in [3.8, 4) is 0 Å². The summed E-state index contributed by atoms with van der Waals surface area (Å²) in [5, 5.41) is 5.32. The fraction of sp³-hybridized carbons (Fsp3) is 0.692. The van der Waals surface area contributed by atoms with Crippen LogP contribution in [0.25, 0.3) is 0 Å². The van der Waals surface area contributed by atoms with E-state index in [0.717, 1.165) is 49.0 Å². The lowest BCUT2D eigenvalue weighted by molar-refractivity contribution is 0.598. The Morgan fingerprint density at radius 2 is 1.72 bits per heavy atom. The molecular weight excluding hydrogens is 266 g/mol. The van der Waals surface area contributed by atoms with Crippen molar-refractivity contribution in [2.45, 2.75) is 63.5 Å². The van der Waals surface area contributed by atoms with E-state index in [1.165, 1.54) is 16.9 Å². The first-order valence-electron chi connectivity index (χ1n) is 6.55. The predicted octanol–water partition coefficient (Wildman–Crippen LogP) is 3.39. The van der Waals surface area contributed by atoms with Crippen molar-refractivity contribution in [1.82, 2.24) is 0 Å². The third-order valence-electron chi connectivity index (χ3n) is 3.07. The fourth-order valence-corrected chi connectivity index (χ4v) is 4.59. The topological polar surface area (TPSA) is 60.2 Å². The highest BCUT2D eigenvalue weighted by molar-refractivity contribution is 7.91. The van der Waals surface area contributed by atoms with Crippen molar-refractivity contribution in [2.24, 2.45) is 5.14 Å². The van der Waals surface area contributed by atoms with E-state index in [0.29, 0.717) is 4.21 Å². The minimum absolute atomic E-state index is 0.388. The third kappa shape index (κ3) is 3.80. The molecule has 18 heavy (non-hydrogen) atoms. The van der Waals surface area contributed by atoms with E-state index < -0.39 is 10.0 Å². The quantitative estimate of drug-likeness (QED) is 0.782. The molecule has 0 saturated heterocycles. The first-order chi connectivity index (χ1) is 8.41. The van der Waals surface area contributed by atoms with Gasteiger partial charge in [0.25, 0.3) is 0 Å². The first kappa shape index (κ1) is 15.7. The van der Waals surface area contributed by atoms with Crippen LogP contribution in [-0.4, -0.2) is 8.42 Å². The molecule has 2 N–H and O–H groups in total. The second-order valence-corrected chi connectivity index (χ2v) is 7.64. The van der Waals surface area contributed by atoms with Gasteiger partial charge in [0.1, 0.15) is 4.21 Å². The van der Waals surface area contributed by atoms with E-state index in [-0.39, 0.29) is 0 Å². The lowest BCUT2D eigenvalue weighted by Crippen LogP contribution is -2.13. The van der Waals surface area contributed by atoms with Crippen LogP contribution in [0.3, 0.4) is 0 Å². The zero-order valence-electron chi connectivity index (χ0n) is 11.5. The van der Waals surface area contributed by atoms with Gasteiger partial charge < -0.3 is 0 Å². The second kappa shape index (κ2) is 6.68. The van der Waals surface area contributed by atoms with Crippen molar-refractivity contribution in [1.29, 1.82) is 0 Å². The van der Waals surface area contributed by atoms with Gasteiger partial charge in [0.05, 0.1) is 0 Å². The van der Waals surface area contributed by atoms with Gasteiger partial charge >= 0.3 is 0 Å². The molecule has 0 bridgehead atoms. The molecule has 0 saturated carbocycles. The van der Waals surface area contributed by atoms with Crippen LogP contribution in [0.15, 0.2) is 4.21 Å². The summed E-state index contributed by atoms with van der Waals surface area (Å²) in [5.41, 5.74) is 2.19. The van der Waals surface area contributed by atoms with E-state index in [1.54, 1.807) is 0 Å². The molecular formula is C13H23NO2S2. The molecule has 1 aromatic rings. The number of rotatable bonds is 7. The Bertz CT molecular complexity index is 489. The fourth-order valence-electron chi connectivity index (χ4n) is 2.21. The van der Waals surface area contributed by atoms with E-state index in [2.05, 4.69) is 13.8 Å². The highest BCUT2D eigenvalue weighted by atomic mass is 32.2. The van der Waals surface area contributed by atoms with Crippen LogP contribution < -0.4 is 5.14 Å². The maximum absolute atomic E-state index is 11.6. The van der Waals surface area contributed by atoms with Crippen LogP contribution >= 0.6 is 11.3 Å². The van der Waals surface area contributed by atoms with Crippen molar-refractivity contribution >= 4 is 21.4 Å². The van der Waals surface area contributed by atoms with Gasteiger partial charge in [0.2, 0.25) is 10.0 Å². The van der Waals surface area contributed by atoms with Gasteiger partial charge in [0.15, 0.2) is 0 Å². The lowest BCUT2D eigenvalue weighted by atomic mass is 10.0. The maximum Gasteiger partial charge on any atom is 0.247 e. The number of aryl methyl sites for hydroxylation is 1. The molecule has 0 radical (unpaired) electrons. The molecule has 0 atom stereocenters. The van der Waals surface area contributed by atoms with Crippen LogP contribution in [0.5, 0.6) is 0 Å². The largest absolute Gasteiger partial charge is 0.247 e. The number of hydrogen-bond acceptors (Lipinski definition) is 3. The van der Waals surface area contributed by atoms with Gasteiger partial charge in [-0.1, -0.05) is 33.1 Å². The molecule has 1 rings (SSSR count). The summed E-state index contributed by atoms with van der Waals surface area (Å²) in [7, 11) is -3.57. The number of thiophene rings is 1. The molecule has 0 aliphatic heterocycles. The second-order valence-electron chi connectivity index (χ2n) is 4.65. The van der Waals surface area contributed by atoms with Gasteiger partial charge in [-0.3, -0.25) is 0 Å². The summed E-state index contributed by atoms with van der Waals surface area (Å²) >= 11 is 1.33. The van der Waals surface area contributed by atoms with E-state index >= 15 is 0 Å². The van der Waals surface area contributed by atoms with Gasteiger partial charge in [-0.2, -0.15) is 0 Å².